The van der Waals surface area contributed by atoms with Crippen LogP contribution in [0.4, 0.5) is 10.1 Å². The van der Waals surface area contributed by atoms with E-state index < -0.39 is 5.82 Å². The van der Waals surface area contributed by atoms with Crippen LogP contribution in [0.1, 0.15) is 6.92 Å². The molecule has 0 aliphatic heterocycles. The van der Waals surface area contributed by atoms with Crippen LogP contribution >= 0.6 is 22.6 Å². The van der Waals surface area contributed by atoms with E-state index in [0.717, 1.165) is 3.57 Å². The largest absolute Gasteiger partial charge is 0.491 e. The molecule has 2 N–H and O–H groups in total. The average molecular weight is 347 g/mol. The molecule has 0 saturated heterocycles. The number of nitrogens with zero attached hydrogens (tertiary/aromatic N) is 2. The molecular formula is C11H11FIN3O. The molecule has 1 heterocycles. The first-order valence-corrected chi connectivity index (χ1v) is 6.12. The van der Waals surface area contributed by atoms with Gasteiger partial charge in [-0.25, -0.2) is 9.07 Å². The maximum absolute atomic E-state index is 13.5. The molecular weight excluding hydrogens is 336 g/mol. The molecule has 0 spiro atoms. The molecule has 2 rings (SSSR count). The van der Waals surface area contributed by atoms with Crippen LogP contribution < -0.4 is 10.5 Å². The second-order valence-electron chi connectivity index (χ2n) is 3.38. The topological polar surface area (TPSA) is 53.1 Å². The molecule has 4 nitrogen and oxygen atoms in total. The fourth-order valence-corrected chi connectivity index (χ4v) is 1.84. The predicted octanol–water partition coefficient (Wildman–Crippen LogP) is 2.60. The van der Waals surface area contributed by atoms with Crippen molar-refractivity contribution in [3.8, 4) is 11.4 Å². The third-order valence-corrected chi connectivity index (χ3v) is 2.74. The maximum Gasteiger partial charge on any atom is 0.167 e. The van der Waals surface area contributed by atoms with Crippen LogP contribution in [-0.4, -0.2) is 16.4 Å². The minimum absolute atomic E-state index is 0.183. The van der Waals surface area contributed by atoms with E-state index in [1.807, 2.05) is 0 Å². The van der Waals surface area contributed by atoms with Gasteiger partial charge in [-0.1, -0.05) is 0 Å². The van der Waals surface area contributed by atoms with E-state index in [4.69, 9.17) is 10.5 Å². The van der Waals surface area contributed by atoms with Gasteiger partial charge in [-0.05, 0) is 29.5 Å². The van der Waals surface area contributed by atoms with E-state index in [1.54, 1.807) is 30.1 Å². The zero-order valence-corrected chi connectivity index (χ0v) is 11.3. The number of ether oxygens (including phenoxy) is 1. The molecule has 1 aromatic carbocycles. The van der Waals surface area contributed by atoms with Crippen molar-refractivity contribution < 1.29 is 9.13 Å². The van der Waals surface area contributed by atoms with Gasteiger partial charge in [0.1, 0.15) is 0 Å². The summed E-state index contributed by atoms with van der Waals surface area (Å²) >= 11 is 2.14. The van der Waals surface area contributed by atoms with Gasteiger partial charge in [0.05, 0.1) is 27.7 Å². The van der Waals surface area contributed by atoms with Crippen LogP contribution in [0, 0.1) is 9.39 Å². The minimum Gasteiger partial charge on any atom is -0.491 e. The van der Waals surface area contributed by atoms with E-state index in [2.05, 4.69) is 27.7 Å². The molecule has 0 radical (unpaired) electrons. The lowest BCUT2D eigenvalue weighted by Crippen LogP contribution is -2.03. The van der Waals surface area contributed by atoms with Gasteiger partial charge in [0, 0.05) is 18.3 Å². The number of anilines is 1. The van der Waals surface area contributed by atoms with Crippen molar-refractivity contribution in [2.75, 3.05) is 12.3 Å². The number of hydrogen-bond acceptors (Lipinski definition) is 3. The lowest BCUT2D eigenvalue weighted by Gasteiger charge is -2.10. The molecule has 0 aliphatic carbocycles. The maximum atomic E-state index is 13.5. The van der Waals surface area contributed by atoms with Gasteiger partial charge in [0.2, 0.25) is 0 Å². The van der Waals surface area contributed by atoms with Crippen LogP contribution in [0.3, 0.4) is 0 Å². The summed E-state index contributed by atoms with van der Waals surface area (Å²) in [5.74, 6) is -0.280. The Morgan fingerprint density at radius 1 is 1.53 bits per heavy atom. The van der Waals surface area contributed by atoms with Crippen LogP contribution in [-0.2, 0) is 0 Å². The summed E-state index contributed by atoms with van der Waals surface area (Å²) in [7, 11) is 0. The van der Waals surface area contributed by atoms with Gasteiger partial charge in [0.15, 0.2) is 11.6 Å². The number of hydrogen-bond donors (Lipinski definition) is 1. The number of halogens is 2. The predicted molar refractivity (Wildman–Crippen MR) is 71.8 cm³/mol. The SMILES string of the molecule is CCOc1cc(-n2cc(I)cn2)c(N)cc1F. The summed E-state index contributed by atoms with van der Waals surface area (Å²) in [6, 6.07) is 2.80. The molecule has 0 aliphatic rings. The Hall–Kier alpha value is -1.31. The van der Waals surface area contributed by atoms with Gasteiger partial charge in [-0.15, -0.1) is 0 Å². The normalized spacial score (nSPS) is 10.5. The summed E-state index contributed by atoms with van der Waals surface area (Å²) in [6.07, 6.45) is 3.50. The highest BCUT2D eigenvalue weighted by atomic mass is 127. The Morgan fingerprint density at radius 3 is 2.88 bits per heavy atom. The monoisotopic (exact) mass is 347 g/mol. The third-order valence-electron chi connectivity index (χ3n) is 2.18. The number of rotatable bonds is 3. The highest BCUT2D eigenvalue weighted by Crippen LogP contribution is 2.27. The highest BCUT2D eigenvalue weighted by Gasteiger charge is 2.11. The van der Waals surface area contributed by atoms with Crippen molar-refractivity contribution >= 4 is 28.3 Å². The van der Waals surface area contributed by atoms with Gasteiger partial charge in [-0.2, -0.15) is 5.10 Å². The Labute approximate surface area is 112 Å². The quantitative estimate of drug-likeness (QED) is 0.686. The molecule has 0 amide bonds. The van der Waals surface area contributed by atoms with Crippen molar-refractivity contribution in [2.45, 2.75) is 6.92 Å². The van der Waals surface area contributed by atoms with E-state index in [0.29, 0.717) is 18.0 Å². The summed E-state index contributed by atoms with van der Waals surface area (Å²) in [5.41, 5.74) is 6.70. The van der Waals surface area contributed by atoms with E-state index in [-0.39, 0.29) is 5.75 Å². The van der Waals surface area contributed by atoms with Crippen LogP contribution in [0.25, 0.3) is 5.69 Å². The first kappa shape index (κ1) is 12.2. The Morgan fingerprint density at radius 2 is 2.29 bits per heavy atom. The number of aromatic nitrogens is 2. The summed E-state index contributed by atoms with van der Waals surface area (Å²) in [6.45, 7) is 2.20. The van der Waals surface area contributed by atoms with Crippen LogP contribution in [0.5, 0.6) is 5.75 Å². The lowest BCUT2D eigenvalue weighted by atomic mass is 10.2. The second-order valence-corrected chi connectivity index (χ2v) is 4.62. The van der Waals surface area contributed by atoms with Crippen molar-refractivity contribution in [3.63, 3.8) is 0 Å². The van der Waals surface area contributed by atoms with Crippen molar-refractivity contribution in [2.24, 2.45) is 0 Å². The molecule has 0 fully saturated rings. The van der Waals surface area contributed by atoms with Gasteiger partial charge in [0.25, 0.3) is 0 Å². The summed E-state index contributed by atoms with van der Waals surface area (Å²) < 4.78 is 21.3. The standard InChI is InChI=1S/C11H11FIN3O/c1-2-17-11-4-10(9(14)3-8(11)12)16-6-7(13)5-15-16/h3-6H,2,14H2,1H3. The van der Waals surface area contributed by atoms with Crippen molar-refractivity contribution in [1.82, 2.24) is 9.78 Å². The molecule has 1 aromatic heterocycles. The van der Waals surface area contributed by atoms with Gasteiger partial charge in [-0.3, -0.25) is 0 Å². The first-order valence-electron chi connectivity index (χ1n) is 5.04. The molecule has 0 bridgehead atoms. The van der Waals surface area contributed by atoms with Crippen LogP contribution in [0.15, 0.2) is 24.5 Å². The van der Waals surface area contributed by atoms with Crippen molar-refractivity contribution in [1.29, 1.82) is 0 Å². The molecule has 0 saturated carbocycles. The Balaban J connectivity index is 2.50. The number of nitrogens with two attached hydrogens (primary N) is 1. The van der Waals surface area contributed by atoms with Crippen molar-refractivity contribution in [3.05, 3.63) is 33.9 Å². The summed E-state index contributed by atoms with van der Waals surface area (Å²) in [4.78, 5) is 0. The zero-order chi connectivity index (χ0) is 12.4. The zero-order valence-electron chi connectivity index (χ0n) is 9.15. The van der Waals surface area contributed by atoms with E-state index in [9.17, 15) is 4.39 Å². The third kappa shape index (κ3) is 2.51. The van der Waals surface area contributed by atoms with E-state index in [1.165, 1.54) is 6.07 Å². The van der Waals surface area contributed by atoms with Gasteiger partial charge >= 0.3 is 0 Å². The fraction of sp³-hybridized carbons (Fsp3) is 0.182. The average Bonchev–Trinajstić information content (AvgIpc) is 2.69. The Kier molecular flexibility index (Phi) is 3.51. The van der Waals surface area contributed by atoms with Gasteiger partial charge < -0.3 is 10.5 Å². The molecule has 6 heteroatoms. The number of benzene rings is 1. The molecule has 2 aromatic rings. The van der Waals surface area contributed by atoms with E-state index >= 15 is 0 Å². The fourth-order valence-electron chi connectivity index (χ4n) is 1.46. The minimum atomic E-state index is -0.463. The molecule has 0 atom stereocenters. The molecule has 90 valence electrons. The molecule has 0 unspecified atom stereocenters. The smallest absolute Gasteiger partial charge is 0.167 e. The van der Waals surface area contributed by atoms with Crippen LogP contribution in [0.2, 0.25) is 0 Å². The Bertz CT molecular complexity index is 542. The second kappa shape index (κ2) is 4.91. The first-order chi connectivity index (χ1) is 8.11. The highest BCUT2D eigenvalue weighted by molar-refractivity contribution is 14.1. The number of nitrogen functional groups attached to an aromatic ring is 1. The molecule has 17 heavy (non-hydrogen) atoms. The summed E-state index contributed by atoms with van der Waals surface area (Å²) in [5, 5.41) is 4.13. The lowest BCUT2D eigenvalue weighted by molar-refractivity contribution is 0.321.